The van der Waals surface area contributed by atoms with E-state index in [4.69, 9.17) is 19.4 Å². The second-order valence-corrected chi connectivity index (χ2v) is 6.07. The normalized spacial score (nSPS) is 11.9. The fraction of sp³-hybridized carbons (Fsp3) is 0.357. The molecule has 0 unspecified atom stereocenters. The molecule has 10 heteroatoms. The molecule has 2 rings (SSSR count). The van der Waals surface area contributed by atoms with Crippen molar-refractivity contribution < 1.29 is 33.8 Å². The number of fused-ring (bicyclic) bond motifs is 1. The lowest BCUT2D eigenvalue weighted by atomic mass is 10.0. The Bertz CT molecular complexity index is 761. The number of hydrogen-bond acceptors (Lipinski definition) is 9. The third-order valence-electron chi connectivity index (χ3n) is 3.23. The highest BCUT2D eigenvalue weighted by atomic mass is 32.1. The van der Waals surface area contributed by atoms with E-state index < -0.39 is 19.2 Å². The summed E-state index contributed by atoms with van der Waals surface area (Å²) in [4.78, 5) is 28.3. The predicted octanol–water partition coefficient (Wildman–Crippen LogP) is 1.04. The molecule has 24 heavy (non-hydrogen) atoms. The number of Topliss-reactive ketones (excluding diaryl/α,β-unsaturated/α-hetero) is 1. The molecule has 0 fully saturated rings. The summed E-state index contributed by atoms with van der Waals surface area (Å²) in [6.07, 6.45) is 0.0232. The number of carbonyl (C=O) groups is 2. The zero-order valence-electron chi connectivity index (χ0n) is 13.3. The Balaban J connectivity index is 2.30. The number of nitrogens with zero attached hydrogens (tertiary/aromatic N) is 1. The van der Waals surface area contributed by atoms with Gasteiger partial charge in [-0.2, -0.15) is 0 Å². The predicted molar refractivity (Wildman–Crippen MR) is 87.1 cm³/mol. The van der Waals surface area contributed by atoms with Crippen LogP contribution in [0, 0.1) is 5.92 Å². The number of ketones is 1. The average Bonchev–Trinajstić information content (AvgIpc) is 2.95. The van der Waals surface area contributed by atoms with Gasteiger partial charge in [0.25, 0.3) is 5.88 Å². The van der Waals surface area contributed by atoms with Gasteiger partial charge in [-0.15, -0.1) is 11.3 Å². The number of pyridine rings is 1. The summed E-state index contributed by atoms with van der Waals surface area (Å²) in [5.41, 5.74) is 0.505. The lowest BCUT2D eigenvalue weighted by Crippen LogP contribution is -2.21. The second kappa shape index (κ2) is 7.60. The van der Waals surface area contributed by atoms with E-state index in [9.17, 15) is 9.59 Å². The van der Waals surface area contributed by atoms with Gasteiger partial charge in [0.1, 0.15) is 0 Å². The summed E-state index contributed by atoms with van der Waals surface area (Å²) in [5.74, 6) is -1.09. The third-order valence-corrected chi connectivity index (χ3v) is 4.34. The lowest BCUT2D eigenvalue weighted by Gasteiger charge is -2.08. The molecule has 0 saturated carbocycles. The SMILES string of the molecule is COC(=O)[C@@H](C)CC(=O)c1cc2nc(OC)c(OB(O)O)cc2s1. The van der Waals surface area contributed by atoms with Gasteiger partial charge in [-0.1, -0.05) is 6.92 Å². The molecule has 2 aromatic heterocycles. The Morgan fingerprint density at radius 3 is 2.62 bits per heavy atom. The van der Waals surface area contributed by atoms with Gasteiger partial charge in [0.15, 0.2) is 11.5 Å². The molecule has 0 aliphatic rings. The number of rotatable bonds is 7. The fourth-order valence-electron chi connectivity index (χ4n) is 2.08. The minimum Gasteiger partial charge on any atom is -0.508 e. The van der Waals surface area contributed by atoms with E-state index in [1.165, 1.54) is 20.3 Å². The first kappa shape index (κ1) is 18.2. The molecule has 0 aliphatic heterocycles. The zero-order chi connectivity index (χ0) is 17.9. The van der Waals surface area contributed by atoms with Crippen LogP contribution in [0.15, 0.2) is 12.1 Å². The molecule has 0 amide bonds. The van der Waals surface area contributed by atoms with Crippen LogP contribution in [0.1, 0.15) is 23.0 Å². The monoisotopic (exact) mass is 353 g/mol. The van der Waals surface area contributed by atoms with Crippen LogP contribution in [0.5, 0.6) is 11.6 Å². The molecule has 1 atom stereocenters. The summed E-state index contributed by atoms with van der Waals surface area (Å²) in [7, 11) is 0.622. The van der Waals surface area contributed by atoms with Crippen molar-refractivity contribution in [1.29, 1.82) is 0 Å². The van der Waals surface area contributed by atoms with Gasteiger partial charge < -0.3 is 24.2 Å². The van der Waals surface area contributed by atoms with Crippen LogP contribution < -0.4 is 9.39 Å². The van der Waals surface area contributed by atoms with E-state index in [1.807, 2.05) is 0 Å². The van der Waals surface area contributed by atoms with Crippen LogP contribution >= 0.6 is 11.3 Å². The first-order valence-electron chi connectivity index (χ1n) is 6.98. The van der Waals surface area contributed by atoms with E-state index in [0.717, 1.165) is 11.3 Å². The minimum absolute atomic E-state index is 0.0232. The van der Waals surface area contributed by atoms with Gasteiger partial charge in [-0.3, -0.25) is 9.59 Å². The highest BCUT2D eigenvalue weighted by Crippen LogP contribution is 2.34. The molecule has 2 heterocycles. The maximum absolute atomic E-state index is 12.3. The molecule has 0 aromatic carbocycles. The molecule has 2 N–H and O–H groups in total. The van der Waals surface area contributed by atoms with Crippen LogP contribution in [-0.4, -0.2) is 48.3 Å². The van der Waals surface area contributed by atoms with E-state index >= 15 is 0 Å². The molecule has 0 spiro atoms. The van der Waals surface area contributed by atoms with Crippen LogP contribution in [-0.2, 0) is 9.53 Å². The van der Waals surface area contributed by atoms with Crippen molar-refractivity contribution in [2.24, 2.45) is 5.92 Å². The molecule has 0 saturated heterocycles. The number of hydrogen-bond donors (Lipinski definition) is 2. The van der Waals surface area contributed by atoms with Crippen molar-refractivity contribution in [1.82, 2.24) is 4.98 Å². The van der Waals surface area contributed by atoms with Crippen molar-refractivity contribution in [3.8, 4) is 11.6 Å². The first-order valence-corrected chi connectivity index (χ1v) is 7.79. The quantitative estimate of drug-likeness (QED) is 0.431. The standard InChI is InChI=1S/C14H16BNO7S/c1-7(14(18)22-3)4-9(17)12-5-8-11(24-12)6-10(23-15(19)20)13(16-8)21-2/h5-7,19-20H,4H2,1-3H3/t7-/m0/s1. The molecule has 0 radical (unpaired) electrons. The number of ether oxygens (including phenoxy) is 2. The Kier molecular flexibility index (Phi) is 5.76. The maximum Gasteiger partial charge on any atom is 0.707 e. The summed E-state index contributed by atoms with van der Waals surface area (Å²) in [6, 6.07) is 3.10. The topological polar surface area (TPSA) is 115 Å². The van der Waals surface area contributed by atoms with Gasteiger partial charge in [0.05, 0.1) is 35.2 Å². The summed E-state index contributed by atoms with van der Waals surface area (Å²) < 4.78 is 15.1. The minimum atomic E-state index is -2.01. The van der Waals surface area contributed by atoms with Crippen molar-refractivity contribution in [3.05, 3.63) is 17.0 Å². The van der Waals surface area contributed by atoms with E-state index in [0.29, 0.717) is 15.1 Å². The Morgan fingerprint density at radius 1 is 1.33 bits per heavy atom. The Morgan fingerprint density at radius 2 is 2.04 bits per heavy atom. The number of methoxy groups -OCH3 is 2. The van der Waals surface area contributed by atoms with Gasteiger partial charge in [-0.25, -0.2) is 4.98 Å². The highest BCUT2D eigenvalue weighted by Gasteiger charge is 2.22. The van der Waals surface area contributed by atoms with Gasteiger partial charge in [0, 0.05) is 12.5 Å². The van der Waals surface area contributed by atoms with Gasteiger partial charge >= 0.3 is 13.3 Å². The number of thiophene rings is 1. The fourth-order valence-corrected chi connectivity index (χ4v) is 3.06. The van der Waals surface area contributed by atoms with Crippen LogP contribution in [0.2, 0.25) is 0 Å². The number of carbonyl (C=O) groups excluding carboxylic acids is 2. The van der Waals surface area contributed by atoms with Gasteiger partial charge in [0.2, 0.25) is 0 Å². The summed E-state index contributed by atoms with van der Waals surface area (Å²) in [6.45, 7) is 1.62. The first-order chi connectivity index (χ1) is 11.3. The largest absolute Gasteiger partial charge is 0.707 e. The molecule has 2 aromatic rings. The van der Waals surface area contributed by atoms with E-state index in [1.54, 1.807) is 13.0 Å². The zero-order valence-corrected chi connectivity index (χ0v) is 14.1. The van der Waals surface area contributed by atoms with Crippen LogP contribution in [0.3, 0.4) is 0 Å². The smallest absolute Gasteiger partial charge is 0.508 e. The van der Waals surface area contributed by atoms with Crippen molar-refractivity contribution >= 4 is 40.6 Å². The van der Waals surface area contributed by atoms with Crippen molar-refractivity contribution in [3.63, 3.8) is 0 Å². The molecule has 0 aliphatic carbocycles. The molecule has 0 bridgehead atoms. The molecule has 128 valence electrons. The number of aromatic nitrogens is 1. The van der Waals surface area contributed by atoms with Crippen LogP contribution in [0.4, 0.5) is 0 Å². The van der Waals surface area contributed by atoms with Crippen LogP contribution in [0.25, 0.3) is 10.2 Å². The molecule has 8 nitrogen and oxygen atoms in total. The van der Waals surface area contributed by atoms with E-state index in [-0.39, 0.29) is 23.8 Å². The molecular weight excluding hydrogens is 337 g/mol. The second-order valence-electron chi connectivity index (χ2n) is 4.99. The maximum atomic E-state index is 12.3. The van der Waals surface area contributed by atoms with Crippen molar-refractivity contribution in [2.45, 2.75) is 13.3 Å². The summed E-state index contributed by atoms with van der Waals surface area (Å²) in [5, 5.41) is 17.8. The number of esters is 1. The molecular formula is C14H16BNO7S. The average molecular weight is 353 g/mol. The lowest BCUT2D eigenvalue weighted by molar-refractivity contribution is -0.144. The Labute approximate surface area is 142 Å². The van der Waals surface area contributed by atoms with E-state index in [2.05, 4.69) is 9.72 Å². The highest BCUT2D eigenvalue weighted by molar-refractivity contribution is 7.20. The van der Waals surface area contributed by atoms with Crippen molar-refractivity contribution in [2.75, 3.05) is 14.2 Å². The summed E-state index contributed by atoms with van der Waals surface area (Å²) >= 11 is 1.16. The van der Waals surface area contributed by atoms with Gasteiger partial charge in [-0.05, 0) is 6.07 Å². The third kappa shape index (κ3) is 4.02. The Hall–Kier alpha value is -2.17.